The Morgan fingerprint density at radius 2 is 1.93 bits per heavy atom. The number of aromatic nitrogens is 3. The smallest absolute Gasteiger partial charge is 0.159 e. The molecule has 0 radical (unpaired) electrons. The molecule has 3 aromatic rings. The van der Waals surface area contributed by atoms with Gasteiger partial charge in [-0.2, -0.15) is 0 Å². The molecule has 1 aliphatic rings. The summed E-state index contributed by atoms with van der Waals surface area (Å²) in [5.74, 6) is 1.40. The minimum Gasteiger partial charge on any atom is -0.393 e. The van der Waals surface area contributed by atoms with Gasteiger partial charge in [-0.25, -0.2) is 9.97 Å². The van der Waals surface area contributed by atoms with Gasteiger partial charge in [-0.15, -0.1) is 0 Å². The average molecular weight is 363 g/mol. The van der Waals surface area contributed by atoms with Crippen LogP contribution in [0.2, 0.25) is 0 Å². The molecule has 0 atom stereocenters. The van der Waals surface area contributed by atoms with Gasteiger partial charge >= 0.3 is 0 Å². The second-order valence-electron chi connectivity index (χ2n) is 7.11. The maximum atomic E-state index is 6.45. The molecule has 7 heteroatoms. The van der Waals surface area contributed by atoms with Gasteiger partial charge in [0.05, 0.1) is 5.52 Å². The lowest BCUT2D eigenvalue weighted by molar-refractivity contribution is 0.252. The fourth-order valence-electron chi connectivity index (χ4n) is 3.66. The van der Waals surface area contributed by atoms with Gasteiger partial charge in [-0.1, -0.05) is 6.07 Å². The molecule has 3 heterocycles. The van der Waals surface area contributed by atoms with E-state index in [9.17, 15) is 0 Å². The molecule has 0 spiro atoms. The van der Waals surface area contributed by atoms with Gasteiger partial charge in [0.15, 0.2) is 11.6 Å². The first kappa shape index (κ1) is 17.5. The van der Waals surface area contributed by atoms with Crippen molar-refractivity contribution in [2.24, 2.45) is 0 Å². The van der Waals surface area contributed by atoms with E-state index in [2.05, 4.69) is 44.2 Å². The van der Waals surface area contributed by atoms with Crippen molar-refractivity contribution in [1.29, 1.82) is 0 Å². The second kappa shape index (κ2) is 7.36. The summed E-state index contributed by atoms with van der Waals surface area (Å²) in [5.41, 5.74) is 8.88. The zero-order chi connectivity index (χ0) is 18.8. The molecule has 0 bridgehead atoms. The Balaban J connectivity index is 1.62. The quantitative estimate of drug-likeness (QED) is 0.737. The van der Waals surface area contributed by atoms with Crippen molar-refractivity contribution in [3.8, 4) is 0 Å². The predicted molar refractivity (Wildman–Crippen MR) is 110 cm³/mol. The second-order valence-corrected chi connectivity index (χ2v) is 7.11. The molecule has 0 amide bonds. The van der Waals surface area contributed by atoms with Crippen LogP contribution in [0.5, 0.6) is 0 Å². The number of hydrogen-bond acceptors (Lipinski definition) is 7. The van der Waals surface area contributed by atoms with Gasteiger partial charge < -0.3 is 20.9 Å². The number of benzene rings is 1. The van der Waals surface area contributed by atoms with E-state index in [1.807, 2.05) is 30.3 Å². The average Bonchev–Trinajstić information content (AvgIpc) is 2.70. The first-order valence-corrected chi connectivity index (χ1v) is 9.26. The summed E-state index contributed by atoms with van der Waals surface area (Å²) in [5, 5.41) is 4.40. The first-order valence-electron chi connectivity index (χ1n) is 9.26. The lowest BCUT2D eigenvalue weighted by atomic mass is 10.0. The zero-order valence-corrected chi connectivity index (χ0v) is 15.8. The van der Waals surface area contributed by atoms with E-state index in [1.54, 1.807) is 12.5 Å². The summed E-state index contributed by atoms with van der Waals surface area (Å²) < 4.78 is 0. The Hall–Kier alpha value is -2.93. The SMILES string of the molecule is CN1CCC(N(C)c2ncnc(Nc3cccc4ncccc34)c2N)CC1. The zero-order valence-electron chi connectivity index (χ0n) is 15.8. The molecule has 1 aliphatic heterocycles. The molecule has 7 nitrogen and oxygen atoms in total. The molecule has 3 N–H and O–H groups in total. The Kier molecular flexibility index (Phi) is 4.77. The molecule has 2 aromatic heterocycles. The van der Waals surface area contributed by atoms with E-state index in [0.717, 1.165) is 48.3 Å². The molecule has 0 unspecified atom stereocenters. The van der Waals surface area contributed by atoms with E-state index in [0.29, 0.717) is 17.5 Å². The number of nitrogens with zero attached hydrogens (tertiary/aromatic N) is 5. The summed E-state index contributed by atoms with van der Waals surface area (Å²) in [6.45, 7) is 2.18. The van der Waals surface area contributed by atoms with Crippen LogP contribution < -0.4 is 16.0 Å². The van der Waals surface area contributed by atoms with E-state index in [1.165, 1.54) is 0 Å². The van der Waals surface area contributed by atoms with Gasteiger partial charge in [0.25, 0.3) is 0 Å². The minimum absolute atomic E-state index is 0.438. The van der Waals surface area contributed by atoms with Gasteiger partial charge in [-0.05, 0) is 57.2 Å². The van der Waals surface area contributed by atoms with Gasteiger partial charge in [-0.3, -0.25) is 4.98 Å². The number of nitrogens with one attached hydrogen (secondary N) is 1. The number of rotatable bonds is 4. The Labute approximate surface area is 159 Å². The molecule has 1 fully saturated rings. The van der Waals surface area contributed by atoms with E-state index < -0.39 is 0 Å². The topological polar surface area (TPSA) is 83.2 Å². The molecule has 27 heavy (non-hydrogen) atoms. The van der Waals surface area contributed by atoms with Crippen molar-refractivity contribution < 1.29 is 0 Å². The monoisotopic (exact) mass is 363 g/mol. The molecule has 0 saturated carbocycles. The summed E-state index contributed by atoms with van der Waals surface area (Å²) >= 11 is 0. The van der Waals surface area contributed by atoms with Crippen LogP contribution in [0, 0.1) is 0 Å². The van der Waals surface area contributed by atoms with Crippen molar-refractivity contribution in [2.45, 2.75) is 18.9 Å². The maximum absolute atomic E-state index is 6.45. The molecular weight excluding hydrogens is 338 g/mol. The fraction of sp³-hybridized carbons (Fsp3) is 0.350. The highest BCUT2D eigenvalue weighted by atomic mass is 15.2. The summed E-state index contributed by atoms with van der Waals surface area (Å²) in [4.78, 5) is 17.8. The highest BCUT2D eigenvalue weighted by Crippen LogP contribution is 2.32. The number of hydrogen-bond donors (Lipinski definition) is 2. The van der Waals surface area contributed by atoms with Crippen LogP contribution in [0.4, 0.5) is 23.0 Å². The van der Waals surface area contributed by atoms with Crippen LogP contribution in [0.25, 0.3) is 10.9 Å². The van der Waals surface area contributed by atoms with Crippen LogP contribution in [0.15, 0.2) is 42.9 Å². The van der Waals surface area contributed by atoms with E-state index in [4.69, 9.17) is 5.73 Å². The summed E-state index contributed by atoms with van der Waals surface area (Å²) in [7, 11) is 4.23. The van der Waals surface area contributed by atoms with Gasteiger partial charge in [0.1, 0.15) is 12.0 Å². The van der Waals surface area contributed by atoms with Crippen LogP contribution in [0.1, 0.15) is 12.8 Å². The van der Waals surface area contributed by atoms with E-state index >= 15 is 0 Å². The molecule has 0 aliphatic carbocycles. The van der Waals surface area contributed by atoms with Crippen LogP contribution in [-0.2, 0) is 0 Å². The van der Waals surface area contributed by atoms with Gasteiger partial charge in [0, 0.05) is 30.4 Å². The fourth-order valence-corrected chi connectivity index (χ4v) is 3.66. The number of likely N-dealkylation sites (tertiary alicyclic amines) is 1. The largest absolute Gasteiger partial charge is 0.393 e. The van der Waals surface area contributed by atoms with E-state index in [-0.39, 0.29) is 0 Å². The third-order valence-corrected chi connectivity index (χ3v) is 5.33. The standard InChI is InChI=1S/C20H25N7/c1-26-11-8-14(9-12-26)27(2)20-18(21)19(23-13-24-20)25-17-7-3-6-16-15(17)5-4-10-22-16/h3-7,10,13-14H,8-9,11-12,21H2,1-2H3,(H,23,24,25). The third kappa shape index (κ3) is 3.50. The van der Waals surface area contributed by atoms with Gasteiger partial charge in [0.2, 0.25) is 0 Å². The normalized spacial score (nSPS) is 15.8. The highest BCUT2D eigenvalue weighted by Gasteiger charge is 2.24. The third-order valence-electron chi connectivity index (χ3n) is 5.33. The lowest BCUT2D eigenvalue weighted by Crippen LogP contribution is -2.42. The Bertz CT molecular complexity index is 929. The molecule has 4 rings (SSSR count). The minimum atomic E-state index is 0.438. The number of piperidine rings is 1. The molecule has 1 aromatic carbocycles. The van der Waals surface area contributed by atoms with Crippen molar-refractivity contribution in [3.05, 3.63) is 42.9 Å². The summed E-state index contributed by atoms with van der Waals surface area (Å²) in [6.07, 6.45) is 5.57. The van der Waals surface area contributed by atoms with Crippen LogP contribution in [-0.4, -0.2) is 53.1 Å². The van der Waals surface area contributed by atoms with Crippen molar-refractivity contribution in [2.75, 3.05) is 43.1 Å². The van der Waals surface area contributed by atoms with Crippen LogP contribution in [0.3, 0.4) is 0 Å². The highest BCUT2D eigenvalue weighted by molar-refractivity contribution is 5.94. The summed E-state index contributed by atoms with van der Waals surface area (Å²) in [6, 6.07) is 10.4. The predicted octanol–water partition coefficient (Wildman–Crippen LogP) is 2.88. The number of nitrogen functional groups attached to an aromatic ring is 1. The lowest BCUT2D eigenvalue weighted by Gasteiger charge is -2.36. The van der Waals surface area contributed by atoms with Crippen LogP contribution >= 0.6 is 0 Å². The maximum Gasteiger partial charge on any atom is 0.159 e. The number of fused-ring (bicyclic) bond motifs is 1. The molecular formula is C20H25N7. The van der Waals surface area contributed by atoms with Crippen molar-refractivity contribution in [1.82, 2.24) is 19.9 Å². The number of anilines is 4. The van der Waals surface area contributed by atoms with Crippen molar-refractivity contribution in [3.63, 3.8) is 0 Å². The first-order chi connectivity index (χ1) is 13.1. The molecule has 1 saturated heterocycles. The Morgan fingerprint density at radius 3 is 2.74 bits per heavy atom. The number of nitrogens with two attached hydrogens (primary N) is 1. The number of pyridine rings is 1. The van der Waals surface area contributed by atoms with Crippen molar-refractivity contribution >= 4 is 33.9 Å². The Morgan fingerprint density at radius 1 is 1.11 bits per heavy atom. The molecule has 140 valence electrons.